The number of rotatable bonds is 8. The first-order chi connectivity index (χ1) is 15.6. The average molecular weight is 479 g/mol. The second kappa shape index (κ2) is 10.1. The molecule has 2 aromatic rings. The standard InChI is InChI=1S/C21H26N4O7S/c1-14(2)32-20-7-5-16(33(29,30)24-8-10-31-11-9-24)13-19(20)23-21(26)17-12-15(25(27)28)4-6-18(17)22-3/h4-7,12-14,22H,8-11H2,1-3H3,(H,23,26). The van der Waals surface area contributed by atoms with Gasteiger partial charge in [0.1, 0.15) is 5.75 Å². The first-order valence-electron chi connectivity index (χ1n) is 10.3. The van der Waals surface area contributed by atoms with Crippen LogP contribution >= 0.6 is 0 Å². The van der Waals surface area contributed by atoms with Crippen molar-refractivity contribution in [2.75, 3.05) is 44.0 Å². The van der Waals surface area contributed by atoms with Gasteiger partial charge in [-0.3, -0.25) is 14.9 Å². The van der Waals surface area contributed by atoms with Gasteiger partial charge in [0.15, 0.2) is 0 Å². The van der Waals surface area contributed by atoms with E-state index in [2.05, 4.69) is 10.6 Å². The number of hydrogen-bond donors (Lipinski definition) is 2. The van der Waals surface area contributed by atoms with Crippen LogP contribution in [0.3, 0.4) is 0 Å². The number of carbonyl (C=O) groups excluding carboxylic acids is 1. The summed E-state index contributed by atoms with van der Waals surface area (Å²) in [5, 5.41) is 16.6. The predicted molar refractivity (Wildman–Crippen MR) is 122 cm³/mol. The van der Waals surface area contributed by atoms with Crippen LogP contribution in [0.15, 0.2) is 41.3 Å². The summed E-state index contributed by atoms with van der Waals surface area (Å²) >= 11 is 0. The van der Waals surface area contributed by atoms with E-state index in [0.29, 0.717) is 18.9 Å². The molecule has 1 saturated heterocycles. The maximum atomic E-state index is 13.1. The van der Waals surface area contributed by atoms with E-state index in [-0.39, 0.29) is 46.8 Å². The largest absolute Gasteiger partial charge is 0.489 e. The lowest BCUT2D eigenvalue weighted by atomic mass is 10.1. The van der Waals surface area contributed by atoms with Crippen LogP contribution < -0.4 is 15.4 Å². The van der Waals surface area contributed by atoms with Gasteiger partial charge in [-0.2, -0.15) is 4.31 Å². The Kier molecular flexibility index (Phi) is 7.51. The molecule has 1 amide bonds. The number of amides is 1. The maximum absolute atomic E-state index is 13.1. The zero-order valence-corrected chi connectivity index (χ0v) is 19.3. The number of morpholine rings is 1. The molecular formula is C21H26N4O7S. The zero-order valence-electron chi connectivity index (χ0n) is 18.5. The number of benzene rings is 2. The van der Waals surface area contributed by atoms with Crippen LogP contribution in [0.1, 0.15) is 24.2 Å². The summed E-state index contributed by atoms with van der Waals surface area (Å²) in [4.78, 5) is 23.6. The average Bonchev–Trinajstić information content (AvgIpc) is 2.79. The lowest BCUT2D eigenvalue weighted by Crippen LogP contribution is -2.40. The summed E-state index contributed by atoms with van der Waals surface area (Å²) in [6.07, 6.45) is -0.243. The second-order valence-electron chi connectivity index (χ2n) is 7.53. The molecule has 0 aromatic heterocycles. The van der Waals surface area contributed by atoms with E-state index in [1.165, 1.54) is 34.6 Å². The van der Waals surface area contributed by atoms with Gasteiger partial charge >= 0.3 is 0 Å². The van der Waals surface area contributed by atoms with Crippen molar-refractivity contribution >= 4 is 33.0 Å². The third kappa shape index (κ3) is 5.59. The number of carbonyl (C=O) groups is 1. The quantitative estimate of drug-likeness (QED) is 0.436. The van der Waals surface area contributed by atoms with Crippen LogP contribution in [0, 0.1) is 10.1 Å². The van der Waals surface area contributed by atoms with Crippen molar-refractivity contribution in [1.29, 1.82) is 0 Å². The second-order valence-corrected chi connectivity index (χ2v) is 9.47. The fourth-order valence-electron chi connectivity index (χ4n) is 3.30. The minimum Gasteiger partial charge on any atom is -0.489 e. The zero-order chi connectivity index (χ0) is 24.2. The molecule has 1 heterocycles. The molecule has 178 valence electrons. The lowest BCUT2D eigenvalue weighted by Gasteiger charge is -2.26. The molecule has 2 aromatic carbocycles. The van der Waals surface area contributed by atoms with Gasteiger partial charge in [-0.15, -0.1) is 0 Å². The SMILES string of the molecule is CNc1ccc([N+](=O)[O-])cc1C(=O)Nc1cc(S(=O)(=O)N2CCOCC2)ccc1OC(C)C. The smallest absolute Gasteiger partial charge is 0.270 e. The first kappa shape index (κ1) is 24.4. The number of nitrogens with one attached hydrogen (secondary N) is 2. The summed E-state index contributed by atoms with van der Waals surface area (Å²) < 4.78 is 38.5. The summed E-state index contributed by atoms with van der Waals surface area (Å²) in [7, 11) is -2.23. The maximum Gasteiger partial charge on any atom is 0.270 e. The Balaban J connectivity index is 2.00. The molecular weight excluding hydrogens is 452 g/mol. The molecule has 12 heteroatoms. The Morgan fingerprint density at radius 3 is 2.45 bits per heavy atom. The topological polar surface area (TPSA) is 140 Å². The molecule has 33 heavy (non-hydrogen) atoms. The molecule has 0 aliphatic carbocycles. The van der Waals surface area contributed by atoms with E-state index in [1.54, 1.807) is 20.9 Å². The first-order valence-corrected chi connectivity index (χ1v) is 11.7. The van der Waals surface area contributed by atoms with Crippen molar-refractivity contribution in [3.05, 3.63) is 52.1 Å². The molecule has 1 aliphatic heterocycles. The fourth-order valence-corrected chi connectivity index (χ4v) is 4.74. The van der Waals surface area contributed by atoms with Gasteiger partial charge < -0.3 is 20.1 Å². The Labute approximate surface area is 191 Å². The number of ether oxygens (including phenoxy) is 2. The van der Waals surface area contributed by atoms with Crippen molar-refractivity contribution < 1.29 is 27.6 Å². The number of anilines is 2. The minimum atomic E-state index is -3.82. The van der Waals surface area contributed by atoms with Gasteiger partial charge in [0, 0.05) is 38.0 Å². The number of sulfonamides is 1. The van der Waals surface area contributed by atoms with Crippen molar-refractivity contribution in [1.82, 2.24) is 4.31 Å². The molecule has 1 fully saturated rings. The van der Waals surface area contributed by atoms with Crippen LogP contribution in [-0.2, 0) is 14.8 Å². The molecule has 0 saturated carbocycles. The summed E-state index contributed by atoms with van der Waals surface area (Å²) in [6, 6.07) is 8.10. The molecule has 0 bridgehead atoms. The Morgan fingerprint density at radius 1 is 1.15 bits per heavy atom. The Morgan fingerprint density at radius 2 is 1.85 bits per heavy atom. The predicted octanol–water partition coefficient (Wildman–Crippen LogP) is 2.70. The summed E-state index contributed by atoms with van der Waals surface area (Å²) in [5.41, 5.74) is 0.295. The van der Waals surface area contributed by atoms with E-state index < -0.39 is 20.9 Å². The van der Waals surface area contributed by atoms with Crippen LogP contribution in [0.25, 0.3) is 0 Å². The highest BCUT2D eigenvalue weighted by molar-refractivity contribution is 7.89. The van der Waals surface area contributed by atoms with Gasteiger partial charge in [-0.1, -0.05) is 0 Å². The number of nitro benzene ring substituents is 1. The molecule has 11 nitrogen and oxygen atoms in total. The molecule has 0 spiro atoms. The van der Waals surface area contributed by atoms with Crippen LogP contribution in [0.5, 0.6) is 5.75 Å². The van der Waals surface area contributed by atoms with Crippen molar-refractivity contribution in [2.45, 2.75) is 24.8 Å². The molecule has 0 atom stereocenters. The fraction of sp³-hybridized carbons (Fsp3) is 0.381. The summed E-state index contributed by atoms with van der Waals surface area (Å²) in [5.74, 6) is -0.381. The third-order valence-corrected chi connectivity index (χ3v) is 6.79. The third-order valence-electron chi connectivity index (χ3n) is 4.90. The number of non-ortho nitro benzene ring substituents is 1. The lowest BCUT2D eigenvalue weighted by molar-refractivity contribution is -0.384. The minimum absolute atomic E-state index is 0.0105. The molecule has 0 radical (unpaired) electrons. The van der Waals surface area contributed by atoms with E-state index in [0.717, 1.165) is 6.07 Å². The molecule has 1 aliphatic rings. The van der Waals surface area contributed by atoms with Gasteiger partial charge in [-0.25, -0.2) is 8.42 Å². The van der Waals surface area contributed by atoms with Crippen LogP contribution in [0.4, 0.5) is 17.1 Å². The van der Waals surface area contributed by atoms with Crippen LogP contribution in [-0.4, -0.2) is 63.0 Å². The van der Waals surface area contributed by atoms with Crippen LogP contribution in [0.2, 0.25) is 0 Å². The van der Waals surface area contributed by atoms with Gasteiger partial charge in [0.25, 0.3) is 11.6 Å². The van der Waals surface area contributed by atoms with Gasteiger partial charge in [0.05, 0.1) is 40.4 Å². The number of hydrogen-bond acceptors (Lipinski definition) is 8. The molecule has 3 rings (SSSR count). The van der Waals surface area contributed by atoms with Crippen molar-refractivity contribution in [3.8, 4) is 5.75 Å². The molecule has 0 unspecified atom stereocenters. The van der Waals surface area contributed by atoms with E-state index >= 15 is 0 Å². The summed E-state index contributed by atoms with van der Waals surface area (Å²) in [6.45, 7) is 4.65. The van der Waals surface area contributed by atoms with Crippen molar-refractivity contribution in [2.24, 2.45) is 0 Å². The normalized spacial score (nSPS) is 14.7. The monoisotopic (exact) mass is 478 g/mol. The van der Waals surface area contributed by atoms with Gasteiger partial charge in [0.2, 0.25) is 10.0 Å². The Hall–Kier alpha value is -3.22. The number of nitrogens with zero attached hydrogens (tertiary/aromatic N) is 2. The highest BCUT2D eigenvalue weighted by atomic mass is 32.2. The van der Waals surface area contributed by atoms with Gasteiger partial charge in [-0.05, 0) is 38.1 Å². The van der Waals surface area contributed by atoms with E-state index in [9.17, 15) is 23.3 Å². The highest BCUT2D eigenvalue weighted by Crippen LogP contribution is 2.32. The van der Waals surface area contributed by atoms with E-state index in [1.807, 2.05) is 0 Å². The molecule has 2 N–H and O–H groups in total. The van der Waals surface area contributed by atoms with E-state index in [4.69, 9.17) is 9.47 Å². The van der Waals surface area contributed by atoms with Crippen molar-refractivity contribution in [3.63, 3.8) is 0 Å². The number of nitro groups is 1. The highest BCUT2D eigenvalue weighted by Gasteiger charge is 2.28. The Bertz CT molecular complexity index is 1150.